The molecule has 0 unspecified atom stereocenters. The Morgan fingerprint density at radius 2 is 2.00 bits per heavy atom. The molecule has 1 aromatic heterocycles. The number of nitrogens with zero attached hydrogens (tertiary/aromatic N) is 2. The number of phenols is 2. The third-order valence-electron chi connectivity index (χ3n) is 3.03. The zero-order valence-electron chi connectivity index (χ0n) is 11.3. The molecule has 6 heteroatoms. The lowest BCUT2D eigenvalue weighted by Gasteiger charge is -2.07. The maximum atomic E-state index is 9.92. The molecule has 0 saturated carbocycles. The van der Waals surface area contributed by atoms with Gasteiger partial charge in [0.2, 0.25) is 0 Å². The average Bonchev–Trinajstić information content (AvgIpc) is 2.95. The number of hydrogen-bond acceptors (Lipinski definition) is 5. The smallest absolute Gasteiger partial charge is 0.173 e. The van der Waals surface area contributed by atoms with Crippen molar-refractivity contribution in [3.63, 3.8) is 0 Å². The normalized spacial score (nSPS) is 10.1. The monoisotopic (exact) mass is 293 g/mol. The summed E-state index contributed by atoms with van der Waals surface area (Å²) in [4.78, 5) is 0. The molecule has 3 rings (SSSR count). The molecular formula is C16H11N3O3. The second-order valence-corrected chi connectivity index (χ2v) is 4.54. The molecule has 3 aromatic rings. The summed E-state index contributed by atoms with van der Waals surface area (Å²) in [5.41, 5.74) is 1.31. The quantitative estimate of drug-likeness (QED) is 0.688. The van der Waals surface area contributed by atoms with Crippen LogP contribution >= 0.6 is 0 Å². The third-order valence-corrected chi connectivity index (χ3v) is 3.03. The number of ether oxygens (including phenoxy) is 1. The first-order valence-electron chi connectivity index (χ1n) is 6.41. The number of benzene rings is 2. The Kier molecular flexibility index (Phi) is 3.38. The van der Waals surface area contributed by atoms with Gasteiger partial charge in [-0.05, 0) is 30.3 Å². The minimum absolute atomic E-state index is 0.0408. The molecule has 6 nitrogen and oxygen atoms in total. The SMILES string of the molecule is N#Cc1cccc(Oc2c[nH]nc2-c2ccc(O)cc2O)c1. The van der Waals surface area contributed by atoms with E-state index in [9.17, 15) is 10.2 Å². The standard InChI is InChI=1S/C16H11N3O3/c17-8-10-2-1-3-12(6-10)22-15-9-18-19-16(15)13-5-4-11(20)7-14(13)21/h1-7,9,20-21H,(H,18,19). The fraction of sp³-hybridized carbons (Fsp3) is 0. The lowest BCUT2D eigenvalue weighted by molar-refractivity contribution is 0.450. The van der Waals surface area contributed by atoms with Gasteiger partial charge in [0.05, 0.1) is 17.8 Å². The Labute approximate surface area is 125 Å². The Morgan fingerprint density at radius 1 is 1.14 bits per heavy atom. The number of rotatable bonds is 3. The maximum absolute atomic E-state index is 9.92. The van der Waals surface area contributed by atoms with Crippen LogP contribution in [0.15, 0.2) is 48.7 Å². The van der Waals surface area contributed by atoms with Gasteiger partial charge in [-0.1, -0.05) is 6.07 Å². The van der Waals surface area contributed by atoms with Gasteiger partial charge in [-0.25, -0.2) is 0 Å². The van der Waals surface area contributed by atoms with Crippen molar-refractivity contribution in [1.82, 2.24) is 10.2 Å². The molecule has 108 valence electrons. The van der Waals surface area contributed by atoms with Crippen molar-refractivity contribution in [2.24, 2.45) is 0 Å². The minimum atomic E-state index is -0.109. The van der Waals surface area contributed by atoms with Crippen LogP contribution in [0.1, 0.15) is 5.56 Å². The zero-order valence-corrected chi connectivity index (χ0v) is 11.3. The van der Waals surface area contributed by atoms with Gasteiger partial charge in [-0.15, -0.1) is 0 Å². The summed E-state index contributed by atoms with van der Waals surface area (Å²) in [6.45, 7) is 0. The van der Waals surface area contributed by atoms with E-state index in [4.69, 9.17) is 10.00 Å². The fourth-order valence-corrected chi connectivity index (χ4v) is 2.03. The topological polar surface area (TPSA) is 102 Å². The summed E-state index contributed by atoms with van der Waals surface area (Å²) in [6.07, 6.45) is 1.54. The van der Waals surface area contributed by atoms with Crippen LogP contribution in [0.4, 0.5) is 0 Å². The van der Waals surface area contributed by atoms with E-state index in [1.165, 1.54) is 12.1 Å². The van der Waals surface area contributed by atoms with E-state index in [0.29, 0.717) is 28.3 Å². The first-order valence-corrected chi connectivity index (χ1v) is 6.41. The third kappa shape index (κ3) is 2.55. The molecule has 0 atom stereocenters. The van der Waals surface area contributed by atoms with Crippen molar-refractivity contribution in [2.45, 2.75) is 0 Å². The number of phenolic OH excluding ortho intramolecular Hbond substituents is 2. The summed E-state index contributed by atoms with van der Waals surface area (Å²) < 4.78 is 5.71. The summed E-state index contributed by atoms with van der Waals surface area (Å²) in [5, 5.41) is 34.9. The van der Waals surface area contributed by atoms with E-state index in [1.807, 2.05) is 6.07 Å². The molecular weight excluding hydrogens is 282 g/mol. The first kappa shape index (κ1) is 13.5. The van der Waals surface area contributed by atoms with E-state index in [0.717, 1.165) is 0 Å². The van der Waals surface area contributed by atoms with Crippen LogP contribution < -0.4 is 4.74 Å². The number of aromatic amines is 1. The fourth-order valence-electron chi connectivity index (χ4n) is 2.03. The van der Waals surface area contributed by atoms with Crippen LogP contribution in [0.25, 0.3) is 11.3 Å². The summed E-state index contributed by atoms with van der Waals surface area (Å²) in [7, 11) is 0. The van der Waals surface area contributed by atoms with Crippen molar-refractivity contribution in [3.05, 3.63) is 54.2 Å². The van der Waals surface area contributed by atoms with Crippen LogP contribution in [0.2, 0.25) is 0 Å². The van der Waals surface area contributed by atoms with Crippen molar-refractivity contribution in [3.8, 4) is 40.3 Å². The molecule has 0 aliphatic carbocycles. The highest BCUT2D eigenvalue weighted by Crippen LogP contribution is 2.37. The van der Waals surface area contributed by atoms with Gasteiger partial charge in [0, 0.05) is 11.6 Å². The molecule has 0 fully saturated rings. The molecule has 2 aromatic carbocycles. The predicted octanol–water partition coefficient (Wildman–Crippen LogP) is 3.15. The van der Waals surface area contributed by atoms with Crippen molar-refractivity contribution in [1.29, 1.82) is 5.26 Å². The second-order valence-electron chi connectivity index (χ2n) is 4.54. The van der Waals surface area contributed by atoms with Gasteiger partial charge >= 0.3 is 0 Å². The first-order chi connectivity index (χ1) is 10.7. The number of nitriles is 1. The Hall–Kier alpha value is -3.46. The molecule has 0 aliphatic heterocycles. The van der Waals surface area contributed by atoms with E-state index in [1.54, 1.807) is 36.5 Å². The second kappa shape index (κ2) is 5.50. The predicted molar refractivity (Wildman–Crippen MR) is 78.6 cm³/mol. The van der Waals surface area contributed by atoms with Crippen molar-refractivity contribution >= 4 is 0 Å². The molecule has 0 aliphatic rings. The zero-order chi connectivity index (χ0) is 15.5. The van der Waals surface area contributed by atoms with Crippen LogP contribution in [0.3, 0.4) is 0 Å². The molecule has 0 radical (unpaired) electrons. The number of nitrogens with one attached hydrogen (secondary N) is 1. The lowest BCUT2D eigenvalue weighted by Crippen LogP contribution is -1.87. The van der Waals surface area contributed by atoms with E-state index in [-0.39, 0.29) is 11.5 Å². The summed E-state index contributed by atoms with van der Waals surface area (Å²) in [5.74, 6) is 0.736. The molecule has 0 bridgehead atoms. The molecule has 22 heavy (non-hydrogen) atoms. The largest absolute Gasteiger partial charge is 0.508 e. The van der Waals surface area contributed by atoms with Gasteiger partial charge in [0.15, 0.2) is 5.75 Å². The van der Waals surface area contributed by atoms with Gasteiger partial charge in [0.1, 0.15) is 22.9 Å². The van der Waals surface area contributed by atoms with Crippen LogP contribution in [0.5, 0.6) is 23.0 Å². The van der Waals surface area contributed by atoms with Gasteiger partial charge in [-0.3, -0.25) is 5.10 Å². The highest BCUT2D eigenvalue weighted by molar-refractivity contribution is 5.72. The molecule has 3 N–H and O–H groups in total. The van der Waals surface area contributed by atoms with Crippen LogP contribution in [0, 0.1) is 11.3 Å². The Balaban J connectivity index is 1.97. The van der Waals surface area contributed by atoms with Gasteiger partial charge in [0.25, 0.3) is 0 Å². The van der Waals surface area contributed by atoms with E-state index in [2.05, 4.69) is 10.2 Å². The molecule has 0 saturated heterocycles. The number of aromatic hydroxyl groups is 2. The summed E-state index contributed by atoms with van der Waals surface area (Å²) >= 11 is 0. The van der Waals surface area contributed by atoms with E-state index >= 15 is 0 Å². The minimum Gasteiger partial charge on any atom is -0.508 e. The van der Waals surface area contributed by atoms with E-state index < -0.39 is 0 Å². The highest BCUT2D eigenvalue weighted by atomic mass is 16.5. The summed E-state index contributed by atoms with van der Waals surface area (Å²) in [6, 6.07) is 13.0. The number of aromatic nitrogens is 2. The Bertz CT molecular complexity index is 865. The molecule has 0 spiro atoms. The van der Waals surface area contributed by atoms with Crippen LogP contribution in [-0.2, 0) is 0 Å². The molecule has 0 amide bonds. The number of H-pyrrole nitrogens is 1. The van der Waals surface area contributed by atoms with Crippen LogP contribution in [-0.4, -0.2) is 20.4 Å². The van der Waals surface area contributed by atoms with Gasteiger partial charge < -0.3 is 14.9 Å². The Morgan fingerprint density at radius 3 is 2.77 bits per heavy atom. The number of hydrogen-bond donors (Lipinski definition) is 3. The molecule has 1 heterocycles. The average molecular weight is 293 g/mol. The highest BCUT2D eigenvalue weighted by Gasteiger charge is 2.15. The lowest BCUT2D eigenvalue weighted by atomic mass is 10.1. The van der Waals surface area contributed by atoms with Gasteiger partial charge in [-0.2, -0.15) is 10.4 Å². The van der Waals surface area contributed by atoms with Crippen molar-refractivity contribution < 1.29 is 14.9 Å². The maximum Gasteiger partial charge on any atom is 0.173 e. The van der Waals surface area contributed by atoms with Crippen molar-refractivity contribution in [2.75, 3.05) is 0 Å².